The van der Waals surface area contributed by atoms with Crippen molar-refractivity contribution in [3.63, 3.8) is 0 Å². The zero-order chi connectivity index (χ0) is 17.6. The first kappa shape index (κ1) is 18.9. The summed E-state index contributed by atoms with van der Waals surface area (Å²) in [5.74, 6) is -0.327. The fourth-order valence-corrected chi connectivity index (χ4v) is 2.10. The average molecular weight is 320 g/mol. The van der Waals surface area contributed by atoms with Crippen molar-refractivity contribution in [2.75, 3.05) is 6.61 Å². The quantitative estimate of drug-likeness (QED) is 0.436. The Morgan fingerprint density at radius 1 is 1.04 bits per heavy atom. The van der Waals surface area contributed by atoms with E-state index in [4.69, 9.17) is 9.47 Å². The molecule has 0 aromatic heterocycles. The topological polar surface area (TPSA) is 69.7 Å². The van der Waals surface area contributed by atoms with Crippen LogP contribution in [-0.2, 0) is 9.53 Å². The van der Waals surface area contributed by atoms with Crippen molar-refractivity contribution in [3.8, 4) is 5.75 Å². The molecule has 0 spiro atoms. The molecule has 23 heavy (non-hydrogen) atoms. The largest absolute Gasteiger partial charge is 0.493 e. The minimum Gasteiger partial charge on any atom is -0.493 e. The average Bonchev–Trinajstić information content (AvgIpc) is 2.41. The Balaban J connectivity index is 2.65. The molecule has 0 aliphatic rings. The number of benzene rings is 1. The predicted octanol–water partition coefficient (Wildman–Crippen LogP) is 3.59. The maximum atomic E-state index is 11.8. The van der Waals surface area contributed by atoms with Crippen molar-refractivity contribution in [2.24, 2.45) is 0 Å². The minimum atomic E-state index is -0.504. The van der Waals surface area contributed by atoms with Crippen molar-refractivity contribution in [2.45, 2.75) is 53.1 Å². The Kier molecular flexibility index (Phi) is 6.49. The Morgan fingerprint density at radius 3 is 2.22 bits per heavy atom. The second-order valence-corrected chi connectivity index (χ2v) is 6.33. The van der Waals surface area contributed by atoms with Gasteiger partial charge in [0.1, 0.15) is 11.4 Å². The van der Waals surface area contributed by atoms with Crippen LogP contribution in [0.5, 0.6) is 5.75 Å². The number of rotatable bonds is 7. The molecule has 0 radical (unpaired) electrons. The summed E-state index contributed by atoms with van der Waals surface area (Å²) in [4.78, 5) is 35.0. The van der Waals surface area contributed by atoms with E-state index < -0.39 is 5.60 Å². The standard InChI is InChI=1S/C18H24O5/c1-12(19)14-8-6-9-15(17(14)13(2)20)22-11-7-10-16(21)23-18(3,4)5/h6,8-9H,7,10-11H2,1-5H3. The first-order valence-electron chi connectivity index (χ1n) is 7.61. The second-order valence-electron chi connectivity index (χ2n) is 6.33. The van der Waals surface area contributed by atoms with Crippen molar-refractivity contribution >= 4 is 17.5 Å². The Bertz CT molecular complexity index is 596. The third-order valence-electron chi connectivity index (χ3n) is 2.96. The smallest absolute Gasteiger partial charge is 0.306 e. The molecule has 0 saturated heterocycles. The van der Waals surface area contributed by atoms with Gasteiger partial charge in [-0.1, -0.05) is 12.1 Å². The zero-order valence-electron chi connectivity index (χ0n) is 14.4. The summed E-state index contributed by atoms with van der Waals surface area (Å²) in [7, 11) is 0. The van der Waals surface area contributed by atoms with E-state index in [1.807, 2.05) is 20.8 Å². The molecule has 5 nitrogen and oxygen atoms in total. The van der Waals surface area contributed by atoms with Crippen molar-refractivity contribution < 1.29 is 23.9 Å². The summed E-state index contributed by atoms with van der Waals surface area (Å²) in [6.45, 7) is 8.51. The van der Waals surface area contributed by atoms with E-state index in [0.717, 1.165) is 0 Å². The lowest BCUT2D eigenvalue weighted by atomic mass is 10.0. The number of hydrogen-bond donors (Lipinski definition) is 0. The van der Waals surface area contributed by atoms with Gasteiger partial charge in [0.25, 0.3) is 0 Å². The maximum Gasteiger partial charge on any atom is 0.306 e. The third kappa shape index (κ3) is 6.22. The predicted molar refractivity (Wildman–Crippen MR) is 87.0 cm³/mol. The van der Waals surface area contributed by atoms with Gasteiger partial charge < -0.3 is 9.47 Å². The molecule has 0 amide bonds. The van der Waals surface area contributed by atoms with Gasteiger partial charge in [-0.25, -0.2) is 0 Å². The van der Waals surface area contributed by atoms with Crippen molar-refractivity contribution in [1.82, 2.24) is 0 Å². The highest BCUT2D eigenvalue weighted by Crippen LogP contribution is 2.24. The van der Waals surface area contributed by atoms with Gasteiger partial charge in [0.15, 0.2) is 11.6 Å². The van der Waals surface area contributed by atoms with E-state index in [1.54, 1.807) is 18.2 Å². The van der Waals surface area contributed by atoms with Crippen molar-refractivity contribution in [1.29, 1.82) is 0 Å². The molecule has 0 unspecified atom stereocenters. The van der Waals surface area contributed by atoms with Crippen molar-refractivity contribution in [3.05, 3.63) is 29.3 Å². The number of carbonyl (C=O) groups excluding carboxylic acids is 3. The third-order valence-corrected chi connectivity index (χ3v) is 2.96. The van der Waals surface area contributed by atoms with E-state index >= 15 is 0 Å². The van der Waals surface area contributed by atoms with Gasteiger partial charge in [-0.3, -0.25) is 14.4 Å². The Labute approximate surface area is 137 Å². The highest BCUT2D eigenvalue weighted by molar-refractivity contribution is 6.08. The first-order valence-corrected chi connectivity index (χ1v) is 7.61. The molecule has 0 heterocycles. The molecule has 0 atom stereocenters. The number of esters is 1. The molecule has 1 rings (SSSR count). The van der Waals surface area contributed by atoms with Crippen LogP contribution in [0.2, 0.25) is 0 Å². The van der Waals surface area contributed by atoms with Crippen LogP contribution in [0, 0.1) is 0 Å². The van der Waals surface area contributed by atoms with Gasteiger partial charge in [0.05, 0.1) is 12.2 Å². The summed E-state index contributed by atoms with van der Waals surface area (Å²) >= 11 is 0. The summed E-state index contributed by atoms with van der Waals surface area (Å²) in [5.41, 5.74) is 0.134. The summed E-state index contributed by atoms with van der Waals surface area (Å²) in [6.07, 6.45) is 0.704. The van der Waals surface area contributed by atoms with Gasteiger partial charge in [0.2, 0.25) is 0 Å². The highest BCUT2D eigenvalue weighted by atomic mass is 16.6. The van der Waals surface area contributed by atoms with Crippen LogP contribution in [0.15, 0.2) is 18.2 Å². The van der Waals surface area contributed by atoms with Crippen LogP contribution in [-0.4, -0.2) is 29.7 Å². The van der Waals surface area contributed by atoms with Gasteiger partial charge in [0, 0.05) is 12.0 Å². The monoisotopic (exact) mass is 320 g/mol. The summed E-state index contributed by atoms with van der Waals surface area (Å²) in [5, 5.41) is 0. The molecule has 0 bridgehead atoms. The highest BCUT2D eigenvalue weighted by Gasteiger charge is 2.18. The molecule has 0 aliphatic heterocycles. The molecule has 0 N–H and O–H groups in total. The Hall–Kier alpha value is -2.17. The lowest BCUT2D eigenvalue weighted by molar-refractivity contribution is -0.155. The molecular weight excluding hydrogens is 296 g/mol. The van der Waals surface area contributed by atoms with Crippen LogP contribution in [0.4, 0.5) is 0 Å². The van der Waals surface area contributed by atoms with E-state index in [0.29, 0.717) is 17.7 Å². The fraction of sp³-hybridized carbons (Fsp3) is 0.500. The van der Waals surface area contributed by atoms with E-state index in [-0.39, 0.29) is 36.1 Å². The van der Waals surface area contributed by atoms with Crippen LogP contribution >= 0.6 is 0 Å². The summed E-state index contributed by atoms with van der Waals surface area (Å²) < 4.78 is 10.8. The number of hydrogen-bond acceptors (Lipinski definition) is 5. The van der Waals surface area contributed by atoms with Gasteiger partial charge in [-0.15, -0.1) is 0 Å². The van der Waals surface area contributed by atoms with Gasteiger partial charge >= 0.3 is 5.97 Å². The summed E-state index contributed by atoms with van der Waals surface area (Å²) in [6, 6.07) is 4.93. The first-order chi connectivity index (χ1) is 10.6. The van der Waals surface area contributed by atoms with E-state index in [9.17, 15) is 14.4 Å². The lowest BCUT2D eigenvalue weighted by Crippen LogP contribution is -2.24. The fourth-order valence-electron chi connectivity index (χ4n) is 2.10. The van der Waals surface area contributed by atoms with Crippen LogP contribution in [0.1, 0.15) is 68.2 Å². The Morgan fingerprint density at radius 2 is 1.70 bits per heavy atom. The van der Waals surface area contributed by atoms with E-state index in [1.165, 1.54) is 13.8 Å². The number of ketones is 2. The van der Waals surface area contributed by atoms with Crippen LogP contribution in [0.3, 0.4) is 0 Å². The number of Topliss-reactive ketones (excluding diaryl/α,β-unsaturated/α-hetero) is 2. The molecule has 5 heteroatoms. The number of carbonyl (C=O) groups is 3. The molecular formula is C18H24O5. The van der Waals surface area contributed by atoms with Gasteiger partial charge in [-0.2, -0.15) is 0 Å². The van der Waals surface area contributed by atoms with E-state index in [2.05, 4.69) is 0 Å². The number of ether oxygens (including phenoxy) is 2. The molecule has 0 fully saturated rings. The second kappa shape index (κ2) is 7.90. The molecule has 0 saturated carbocycles. The zero-order valence-corrected chi connectivity index (χ0v) is 14.4. The van der Waals surface area contributed by atoms with Crippen LogP contribution in [0.25, 0.3) is 0 Å². The molecule has 126 valence electrons. The molecule has 0 aliphatic carbocycles. The van der Waals surface area contributed by atoms with Crippen LogP contribution < -0.4 is 4.74 Å². The SMILES string of the molecule is CC(=O)c1cccc(OCCCC(=O)OC(C)(C)C)c1C(C)=O. The van der Waals surface area contributed by atoms with Gasteiger partial charge in [-0.05, 0) is 47.1 Å². The lowest BCUT2D eigenvalue weighted by Gasteiger charge is -2.19. The minimum absolute atomic E-state index is 0.186. The molecule has 1 aromatic carbocycles. The normalized spacial score (nSPS) is 11.0. The molecule has 1 aromatic rings. The maximum absolute atomic E-state index is 11.8.